The number of nitrogens with zero attached hydrogens (tertiary/aromatic N) is 3. The molecule has 2 saturated heterocycles. The van der Waals surface area contributed by atoms with Gasteiger partial charge in [0.15, 0.2) is 0 Å². The number of rotatable bonds is 6. The summed E-state index contributed by atoms with van der Waals surface area (Å²) >= 11 is 1.60. The number of carbonyl (C=O) groups excluding carboxylic acids is 2. The van der Waals surface area contributed by atoms with Crippen molar-refractivity contribution in [3.8, 4) is 5.75 Å². The van der Waals surface area contributed by atoms with Gasteiger partial charge < -0.3 is 19.4 Å². The molecule has 2 atom stereocenters. The first-order valence-electron chi connectivity index (χ1n) is 9.94. The van der Waals surface area contributed by atoms with Gasteiger partial charge in [-0.25, -0.2) is 0 Å². The van der Waals surface area contributed by atoms with Crippen LogP contribution in [0.1, 0.15) is 31.2 Å². The van der Waals surface area contributed by atoms with Gasteiger partial charge in [0.25, 0.3) is 0 Å². The van der Waals surface area contributed by atoms with Crippen LogP contribution in [0.25, 0.3) is 0 Å². The van der Waals surface area contributed by atoms with Crippen LogP contribution < -0.4 is 4.74 Å². The Morgan fingerprint density at radius 1 is 1.18 bits per heavy atom. The number of methoxy groups -OCH3 is 1. The summed E-state index contributed by atoms with van der Waals surface area (Å²) in [5.41, 5.74) is 1.04. The molecule has 2 heterocycles. The molecule has 0 unspecified atom stereocenters. The molecule has 6 nitrogen and oxygen atoms in total. The van der Waals surface area contributed by atoms with Crippen LogP contribution in [0.3, 0.4) is 0 Å². The molecule has 1 aromatic rings. The van der Waals surface area contributed by atoms with Crippen LogP contribution in [0.2, 0.25) is 0 Å². The number of thioether (sulfide) groups is 1. The third kappa shape index (κ3) is 4.63. The van der Waals surface area contributed by atoms with Crippen molar-refractivity contribution in [3.63, 3.8) is 0 Å². The van der Waals surface area contributed by atoms with Gasteiger partial charge in [-0.15, -0.1) is 11.8 Å². The Hall–Kier alpha value is -1.73. The van der Waals surface area contributed by atoms with E-state index in [0.717, 1.165) is 37.5 Å². The van der Waals surface area contributed by atoms with Gasteiger partial charge in [0.05, 0.1) is 12.9 Å². The molecule has 2 aliphatic rings. The summed E-state index contributed by atoms with van der Waals surface area (Å²) in [6.07, 6.45) is 0.685. The maximum Gasteiger partial charge on any atom is 0.245 e. The lowest BCUT2D eigenvalue weighted by Gasteiger charge is -2.39. The summed E-state index contributed by atoms with van der Waals surface area (Å²) in [5.74, 6) is 1.68. The highest BCUT2D eigenvalue weighted by Crippen LogP contribution is 2.41. The summed E-state index contributed by atoms with van der Waals surface area (Å²) in [5, 5.41) is -0.126. The quantitative estimate of drug-likeness (QED) is 0.728. The number of benzene rings is 1. The van der Waals surface area contributed by atoms with E-state index >= 15 is 0 Å². The molecule has 1 aromatic carbocycles. The van der Waals surface area contributed by atoms with E-state index in [1.807, 2.05) is 34.1 Å². The molecular formula is C21H31N3O3S. The maximum atomic E-state index is 13.4. The highest BCUT2D eigenvalue weighted by atomic mass is 32.2. The van der Waals surface area contributed by atoms with Gasteiger partial charge in [-0.05, 0) is 37.1 Å². The second-order valence-corrected chi connectivity index (χ2v) is 9.08. The number of hydrogen-bond acceptors (Lipinski definition) is 5. The van der Waals surface area contributed by atoms with Crippen LogP contribution >= 0.6 is 11.8 Å². The van der Waals surface area contributed by atoms with Crippen molar-refractivity contribution in [3.05, 3.63) is 29.8 Å². The van der Waals surface area contributed by atoms with E-state index in [0.29, 0.717) is 18.1 Å². The number of likely N-dealkylation sites (N-methyl/N-ethyl adjacent to an activating group) is 1. The van der Waals surface area contributed by atoms with E-state index < -0.39 is 6.04 Å². The monoisotopic (exact) mass is 405 g/mol. The van der Waals surface area contributed by atoms with Gasteiger partial charge in [-0.1, -0.05) is 26.0 Å². The van der Waals surface area contributed by atoms with Crippen LogP contribution in [0.5, 0.6) is 5.75 Å². The van der Waals surface area contributed by atoms with Gasteiger partial charge in [0, 0.05) is 26.2 Å². The molecule has 0 aromatic heterocycles. The Morgan fingerprint density at radius 2 is 1.82 bits per heavy atom. The van der Waals surface area contributed by atoms with Crippen LogP contribution in [0, 0.1) is 5.92 Å². The molecule has 2 aliphatic heterocycles. The lowest BCUT2D eigenvalue weighted by molar-refractivity contribution is -0.146. The van der Waals surface area contributed by atoms with Gasteiger partial charge in [-0.3, -0.25) is 9.59 Å². The van der Waals surface area contributed by atoms with E-state index in [-0.39, 0.29) is 17.2 Å². The SMILES string of the molecule is COc1ccc([C@H]2SCC(=O)N2[C@H](CC(C)C)C(=O)N2CCN(C)CC2)cc1. The van der Waals surface area contributed by atoms with E-state index in [1.54, 1.807) is 18.9 Å². The summed E-state index contributed by atoms with van der Waals surface area (Å²) in [6.45, 7) is 7.44. The molecule has 0 N–H and O–H groups in total. The molecule has 0 radical (unpaired) electrons. The molecule has 2 amide bonds. The molecule has 28 heavy (non-hydrogen) atoms. The van der Waals surface area contributed by atoms with Crippen molar-refractivity contribution >= 4 is 23.6 Å². The molecule has 154 valence electrons. The minimum Gasteiger partial charge on any atom is -0.497 e. The van der Waals surface area contributed by atoms with Gasteiger partial charge in [0.1, 0.15) is 17.2 Å². The highest BCUT2D eigenvalue weighted by molar-refractivity contribution is 8.00. The maximum absolute atomic E-state index is 13.4. The predicted octanol–water partition coefficient (Wildman–Crippen LogP) is 2.46. The number of amides is 2. The fourth-order valence-corrected chi connectivity index (χ4v) is 5.04. The highest BCUT2D eigenvalue weighted by Gasteiger charge is 2.42. The van der Waals surface area contributed by atoms with Gasteiger partial charge in [-0.2, -0.15) is 0 Å². The van der Waals surface area contributed by atoms with Crippen molar-refractivity contribution in [2.75, 3.05) is 46.1 Å². The number of ether oxygens (including phenoxy) is 1. The largest absolute Gasteiger partial charge is 0.497 e. The fraction of sp³-hybridized carbons (Fsp3) is 0.619. The first-order valence-corrected chi connectivity index (χ1v) is 11.0. The summed E-state index contributed by atoms with van der Waals surface area (Å²) in [4.78, 5) is 32.3. The molecule has 0 bridgehead atoms. The number of piperazine rings is 1. The smallest absolute Gasteiger partial charge is 0.245 e. The van der Waals surface area contributed by atoms with Crippen LogP contribution in [0.4, 0.5) is 0 Å². The van der Waals surface area contributed by atoms with Crippen LogP contribution in [-0.4, -0.2) is 78.6 Å². The second-order valence-electron chi connectivity index (χ2n) is 8.01. The topological polar surface area (TPSA) is 53.1 Å². The minimum absolute atomic E-state index is 0.0546. The Balaban J connectivity index is 1.85. The number of hydrogen-bond donors (Lipinski definition) is 0. The lowest BCUT2D eigenvalue weighted by Crippen LogP contribution is -2.55. The Kier molecular flexibility index (Phi) is 6.88. The van der Waals surface area contributed by atoms with E-state index in [2.05, 4.69) is 25.8 Å². The van der Waals surface area contributed by atoms with E-state index in [4.69, 9.17) is 4.74 Å². The average Bonchev–Trinajstić information content (AvgIpc) is 3.07. The van der Waals surface area contributed by atoms with Crippen molar-refractivity contribution < 1.29 is 14.3 Å². The molecule has 0 saturated carbocycles. The van der Waals surface area contributed by atoms with Crippen molar-refractivity contribution in [1.82, 2.24) is 14.7 Å². The van der Waals surface area contributed by atoms with Gasteiger partial charge in [0.2, 0.25) is 11.8 Å². The first kappa shape index (κ1) is 21.0. The van der Waals surface area contributed by atoms with Crippen molar-refractivity contribution in [2.24, 2.45) is 5.92 Å². The molecule has 0 spiro atoms. The molecular weight excluding hydrogens is 374 g/mol. The lowest BCUT2D eigenvalue weighted by atomic mass is 9.99. The van der Waals surface area contributed by atoms with Crippen molar-refractivity contribution in [2.45, 2.75) is 31.7 Å². The Bertz CT molecular complexity index is 687. The summed E-state index contributed by atoms with van der Waals surface area (Å²) < 4.78 is 5.25. The molecule has 0 aliphatic carbocycles. The Morgan fingerprint density at radius 3 is 2.39 bits per heavy atom. The van der Waals surface area contributed by atoms with Crippen LogP contribution in [0.15, 0.2) is 24.3 Å². The van der Waals surface area contributed by atoms with Crippen LogP contribution in [-0.2, 0) is 9.59 Å². The molecule has 7 heteroatoms. The number of carbonyl (C=O) groups is 2. The van der Waals surface area contributed by atoms with Gasteiger partial charge >= 0.3 is 0 Å². The van der Waals surface area contributed by atoms with E-state index in [1.165, 1.54) is 0 Å². The second kappa shape index (κ2) is 9.18. The molecule has 2 fully saturated rings. The summed E-state index contributed by atoms with van der Waals surface area (Å²) in [7, 11) is 3.72. The third-order valence-corrected chi connectivity index (χ3v) is 6.67. The fourth-order valence-electron chi connectivity index (χ4n) is 3.82. The van der Waals surface area contributed by atoms with E-state index in [9.17, 15) is 9.59 Å². The van der Waals surface area contributed by atoms with Crippen molar-refractivity contribution in [1.29, 1.82) is 0 Å². The minimum atomic E-state index is -0.405. The zero-order chi connectivity index (χ0) is 20.3. The average molecular weight is 406 g/mol. The summed E-state index contributed by atoms with van der Waals surface area (Å²) in [6, 6.07) is 7.41. The zero-order valence-electron chi connectivity index (χ0n) is 17.3. The predicted molar refractivity (Wildman–Crippen MR) is 112 cm³/mol. The third-order valence-electron chi connectivity index (χ3n) is 5.44. The standard InChI is InChI=1S/C21H31N3O3S/c1-15(2)13-18(20(26)23-11-9-22(3)10-12-23)24-19(25)14-28-21(24)16-5-7-17(27-4)8-6-16/h5-8,15,18,21H,9-14H2,1-4H3/t18-,21-/m1/s1. The zero-order valence-corrected chi connectivity index (χ0v) is 18.1. The molecule has 3 rings (SSSR count). The normalized spacial score (nSPS) is 22.0. The Labute approximate surface area is 172 Å². The first-order chi connectivity index (χ1) is 13.4.